The average Bonchev–Trinajstić information content (AvgIpc) is 2.69. The zero-order chi connectivity index (χ0) is 19.2. The number of methoxy groups -OCH3 is 1. The fourth-order valence-electron chi connectivity index (χ4n) is 3.28. The molecule has 2 heterocycles. The van der Waals surface area contributed by atoms with E-state index in [0.29, 0.717) is 23.4 Å². The number of aryl methyl sites for hydroxylation is 1. The van der Waals surface area contributed by atoms with E-state index in [4.69, 9.17) is 13.9 Å². The van der Waals surface area contributed by atoms with Crippen molar-refractivity contribution in [2.75, 3.05) is 46.5 Å². The van der Waals surface area contributed by atoms with Crippen LogP contribution in [0.25, 0.3) is 11.0 Å². The minimum Gasteiger partial charge on any atom is -0.497 e. The van der Waals surface area contributed by atoms with Crippen LogP contribution in [0, 0.1) is 6.92 Å². The molecule has 1 fully saturated rings. The number of amides is 1. The molecule has 0 saturated carbocycles. The van der Waals surface area contributed by atoms with Gasteiger partial charge >= 0.3 is 5.63 Å². The van der Waals surface area contributed by atoms with Crippen molar-refractivity contribution in [2.45, 2.75) is 19.8 Å². The fourth-order valence-corrected chi connectivity index (χ4v) is 3.28. The van der Waals surface area contributed by atoms with Gasteiger partial charge in [0.05, 0.1) is 32.3 Å². The Morgan fingerprint density at radius 3 is 2.81 bits per heavy atom. The molecule has 1 saturated heterocycles. The zero-order valence-electron chi connectivity index (χ0n) is 15.9. The van der Waals surface area contributed by atoms with Crippen LogP contribution in [0.15, 0.2) is 27.4 Å². The molecule has 3 rings (SSSR count). The van der Waals surface area contributed by atoms with Crippen LogP contribution < -0.4 is 15.7 Å². The fraction of sp³-hybridized carbons (Fsp3) is 0.500. The Bertz CT molecular complexity index is 855. The van der Waals surface area contributed by atoms with Crippen LogP contribution in [0.5, 0.6) is 5.75 Å². The van der Waals surface area contributed by atoms with Crippen molar-refractivity contribution in [1.29, 1.82) is 0 Å². The summed E-state index contributed by atoms with van der Waals surface area (Å²) in [7, 11) is 1.56. The molecule has 0 atom stereocenters. The Morgan fingerprint density at radius 1 is 1.30 bits per heavy atom. The quantitative estimate of drug-likeness (QED) is 0.584. The molecule has 27 heavy (non-hydrogen) atoms. The van der Waals surface area contributed by atoms with E-state index < -0.39 is 5.63 Å². The molecule has 7 nitrogen and oxygen atoms in total. The Hall–Kier alpha value is -2.38. The zero-order valence-corrected chi connectivity index (χ0v) is 15.9. The van der Waals surface area contributed by atoms with Crippen LogP contribution in [0.2, 0.25) is 0 Å². The molecule has 2 aromatic rings. The van der Waals surface area contributed by atoms with Crippen molar-refractivity contribution < 1.29 is 18.7 Å². The van der Waals surface area contributed by atoms with Crippen LogP contribution in [0.3, 0.4) is 0 Å². The number of fused-ring (bicyclic) bond motifs is 1. The van der Waals surface area contributed by atoms with Gasteiger partial charge in [0.15, 0.2) is 0 Å². The number of hydrogen-bond acceptors (Lipinski definition) is 6. The Balaban J connectivity index is 1.58. The van der Waals surface area contributed by atoms with E-state index in [9.17, 15) is 9.59 Å². The summed E-state index contributed by atoms with van der Waals surface area (Å²) in [6, 6.07) is 5.33. The summed E-state index contributed by atoms with van der Waals surface area (Å²) < 4.78 is 15.9. The van der Waals surface area contributed by atoms with E-state index in [1.165, 1.54) is 0 Å². The highest BCUT2D eigenvalue weighted by molar-refractivity contribution is 5.85. The minimum absolute atomic E-state index is 0.0215. The minimum atomic E-state index is -0.475. The molecular weight excluding hydrogens is 348 g/mol. The second-order valence-electron chi connectivity index (χ2n) is 6.69. The molecule has 0 spiro atoms. The highest BCUT2D eigenvalue weighted by atomic mass is 16.5. The lowest BCUT2D eigenvalue weighted by molar-refractivity contribution is -0.120. The number of rotatable bonds is 7. The topological polar surface area (TPSA) is 81.0 Å². The predicted octanol–water partition coefficient (Wildman–Crippen LogP) is 1.49. The Kier molecular flexibility index (Phi) is 6.47. The maximum atomic E-state index is 12.3. The van der Waals surface area contributed by atoms with Crippen LogP contribution in [-0.4, -0.2) is 57.3 Å². The van der Waals surface area contributed by atoms with Crippen molar-refractivity contribution in [2.24, 2.45) is 0 Å². The van der Waals surface area contributed by atoms with Gasteiger partial charge in [-0.2, -0.15) is 0 Å². The molecule has 0 unspecified atom stereocenters. The van der Waals surface area contributed by atoms with E-state index in [2.05, 4.69) is 10.2 Å². The van der Waals surface area contributed by atoms with Gasteiger partial charge in [-0.05, 0) is 37.6 Å². The second kappa shape index (κ2) is 9.01. The molecule has 0 aliphatic carbocycles. The summed E-state index contributed by atoms with van der Waals surface area (Å²) in [6.45, 7) is 6.79. The molecule has 1 amide bonds. The van der Waals surface area contributed by atoms with Gasteiger partial charge in [0.25, 0.3) is 0 Å². The monoisotopic (exact) mass is 374 g/mol. The lowest BCUT2D eigenvalue weighted by Crippen LogP contribution is -2.38. The van der Waals surface area contributed by atoms with Crippen molar-refractivity contribution >= 4 is 16.9 Å². The third-order valence-electron chi connectivity index (χ3n) is 4.91. The average molecular weight is 374 g/mol. The SMILES string of the molecule is COc1ccc2c(C)c(CC(=O)NCCCN3CCOCC3)c(=O)oc2c1. The van der Waals surface area contributed by atoms with Gasteiger partial charge in [-0.3, -0.25) is 9.69 Å². The molecule has 1 N–H and O–H groups in total. The van der Waals surface area contributed by atoms with E-state index >= 15 is 0 Å². The molecule has 7 heteroatoms. The lowest BCUT2D eigenvalue weighted by atomic mass is 10.0. The third kappa shape index (κ3) is 4.87. The van der Waals surface area contributed by atoms with Gasteiger partial charge in [-0.1, -0.05) is 0 Å². The number of ether oxygens (including phenoxy) is 2. The maximum Gasteiger partial charge on any atom is 0.340 e. The summed E-state index contributed by atoms with van der Waals surface area (Å²) in [5, 5.41) is 3.70. The third-order valence-corrected chi connectivity index (χ3v) is 4.91. The molecule has 146 valence electrons. The molecule has 0 radical (unpaired) electrons. The van der Waals surface area contributed by atoms with Crippen molar-refractivity contribution in [3.8, 4) is 5.75 Å². The normalized spacial score (nSPS) is 15.0. The Morgan fingerprint density at radius 2 is 2.07 bits per heavy atom. The number of morpholine rings is 1. The molecule has 1 aromatic heterocycles. The molecule has 0 bridgehead atoms. The van der Waals surface area contributed by atoms with Gasteiger partial charge in [-0.25, -0.2) is 4.79 Å². The van der Waals surface area contributed by atoms with E-state index in [1.54, 1.807) is 13.2 Å². The van der Waals surface area contributed by atoms with Crippen molar-refractivity contribution in [1.82, 2.24) is 10.2 Å². The molecule has 1 aromatic carbocycles. The van der Waals surface area contributed by atoms with Gasteiger partial charge in [0.2, 0.25) is 5.91 Å². The van der Waals surface area contributed by atoms with Crippen molar-refractivity contribution in [3.63, 3.8) is 0 Å². The van der Waals surface area contributed by atoms with E-state index in [-0.39, 0.29) is 12.3 Å². The summed E-state index contributed by atoms with van der Waals surface area (Å²) in [4.78, 5) is 26.9. The predicted molar refractivity (Wildman–Crippen MR) is 102 cm³/mol. The van der Waals surface area contributed by atoms with Crippen molar-refractivity contribution in [3.05, 3.63) is 39.7 Å². The largest absolute Gasteiger partial charge is 0.497 e. The van der Waals surface area contributed by atoms with E-state index in [1.807, 2.05) is 19.1 Å². The molecule has 1 aliphatic heterocycles. The summed E-state index contributed by atoms with van der Waals surface area (Å²) >= 11 is 0. The Labute approximate surface area is 158 Å². The standard InChI is InChI=1S/C20H26N2O5/c1-14-16-5-4-15(25-2)12-18(16)27-20(24)17(14)13-19(23)21-6-3-7-22-8-10-26-11-9-22/h4-5,12H,3,6-11,13H2,1-2H3,(H,21,23). The smallest absolute Gasteiger partial charge is 0.340 e. The number of nitrogens with zero attached hydrogens (tertiary/aromatic N) is 1. The number of carbonyl (C=O) groups is 1. The highest BCUT2D eigenvalue weighted by Crippen LogP contribution is 2.24. The summed E-state index contributed by atoms with van der Waals surface area (Å²) in [5.74, 6) is 0.455. The highest BCUT2D eigenvalue weighted by Gasteiger charge is 2.15. The van der Waals surface area contributed by atoms with E-state index in [0.717, 1.165) is 50.2 Å². The van der Waals surface area contributed by atoms with Crippen LogP contribution in [0.1, 0.15) is 17.5 Å². The number of nitrogens with one attached hydrogen (secondary N) is 1. The number of carbonyl (C=O) groups excluding carboxylic acids is 1. The summed E-state index contributed by atoms with van der Waals surface area (Å²) in [5.41, 5.74) is 1.16. The number of hydrogen-bond donors (Lipinski definition) is 1. The first-order chi connectivity index (χ1) is 13.1. The maximum absolute atomic E-state index is 12.3. The second-order valence-corrected chi connectivity index (χ2v) is 6.69. The van der Waals surface area contributed by atoms with Crippen LogP contribution in [0.4, 0.5) is 0 Å². The van der Waals surface area contributed by atoms with Gasteiger partial charge in [0, 0.05) is 31.1 Å². The lowest BCUT2D eigenvalue weighted by Gasteiger charge is -2.26. The van der Waals surface area contributed by atoms with Crippen LogP contribution in [-0.2, 0) is 16.0 Å². The molecular formula is C20H26N2O5. The molecule has 1 aliphatic rings. The first kappa shape index (κ1) is 19.4. The van der Waals surface area contributed by atoms with Gasteiger partial charge in [-0.15, -0.1) is 0 Å². The number of benzene rings is 1. The van der Waals surface area contributed by atoms with Gasteiger partial charge < -0.3 is 19.2 Å². The van der Waals surface area contributed by atoms with Gasteiger partial charge in [0.1, 0.15) is 11.3 Å². The first-order valence-corrected chi connectivity index (χ1v) is 9.25. The van der Waals surface area contributed by atoms with Crippen LogP contribution >= 0.6 is 0 Å². The first-order valence-electron chi connectivity index (χ1n) is 9.25. The summed E-state index contributed by atoms with van der Waals surface area (Å²) in [6.07, 6.45) is 0.893.